The molecule has 1 N–H and O–H groups in total. The zero-order valence-electron chi connectivity index (χ0n) is 12.0. The first kappa shape index (κ1) is 13.6. The highest BCUT2D eigenvalue weighted by Crippen LogP contribution is 2.43. The summed E-state index contributed by atoms with van der Waals surface area (Å²) < 4.78 is 6.17. The van der Waals surface area contributed by atoms with Crippen LogP contribution in [-0.2, 0) is 6.42 Å². The van der Waals surface area contributed by atoms with Crippen LogP contribution in [0, 0.1) is 0 Å². The van der Waals surface area contributed by atoms with E-state index in [2.05, 4.69) is 23.5 Å². The minimum atomic E-state index is 0.0954. The molecule has 1 aromatic heterocycles. The Balaban J connectivity index is 1.62. The summed E-state index contributed by atoms with van der Waals surface area (Å²) in [5.74, 6) is 1.95. The summed E-state index contributed by atoms with van der Waals surface area (Å²) in [6.45, 7) is 0. The predicted octanol–water partition coefficient (Wildman–Crippen LogP) is 3.97. The first-order valence-corrected chi connectivity index (χ1v) is 9.20. The maximum Gasteiger partial charge on any atom is 0.159 e. The molecule has 2 heterocycles. The third-order valence-electron chi connectivity index (χ3n) is 4.10. The maximum atomic E-state index is 6.17. The first-order chi connectivity index (χ1) is 10.3. The van der Waals surface area contributed by atoms with E-state index in [1.54, 1.807) is 0 Å². The number of thioether (sulfide) groups is 1. The van der Waals surface area contributed by atoms with Gasteiger partial charge in [-0.25, -0.2) is 4.98 Å². The summed E-state index contributed by atoms with van der Waals surface area (Å²) in [5, 5.41) is 4.53. The Hall–Kier alpha value is -1.04. The number of hydrogen-bond donors (Lipinski definition) is 1. The monoisotopic (exact) mass is 318 g/mol. The number of benzene rings is 1. The number of para-hydroxylation sites is 1. The van der Waals surface area contributed by atoms with Crippen molar-refractivity contribution in [2.75, 3.05) is 12.8 Å². The summed E-state index contributed by atoms with van der Waals surface area (Å²) in [5.41, 5.74) is 1.26. The molecule has 110 valence electrons. The number of aryl methyl sites for hydroxylation is 1. The zero-order chi connectivity index (χ0) is 14.2. The van der Waals surface area contributed by atoms with Crippen LogP contribution in [0.5, 0.6) is 5.75 Å². The van der Waals surface area contributed by atoms with Gasteiger partial charge >= 0.3 is 0 Å². The fourth-order valence-corrected chi connectivity index (χ4v) is 5.29. The molecule has 0 saturated carbocycles. The predicted molar refractivity (Wildman–Crippen MR) is 87.4 cm³/mol. The fraction of sp³-hybridized carbons (Fsp3) is 0.438. The van der Waals surface area contributed by atoms with Gasteiger partial charge in [0.1, 0.15) is 10.8 Å². The van der Waals surface area contributed by atoms with Gasteiger partial charge in [0.15, 0.2) is 6.10 Å². The number of fused-ring (bicyclic) bond motifs is 2. The van der Waals surface area contributed by atoms with Gasteiger partial charge in [0, 0.05) is 15.5 Å². The van der Waals surface area contributed by atoms with E-state index in [1.165, 1.54) is 34.7 Å². The number of rotatable bonds is 2. The van der Waals surface area contributed by atoms with Crippen molar-refractivity contribution in [3.05, 3.63) is 39.8 Å². The van der Waals surface area contributed by atoms with Gasteiger partial charge in [-0.2, -0.15) is 0 Å². The highest BCUT2D eigenvalue weighted by molar-refractivity contribution is 7.99. The van der Waals surface area contributed by atoms with Crippen molar-refractivity contribution in [2.45, 2.75) is 36.3 Å². The van der Waals surface area contributed by atoms with Gasteiger partial charge in [-0.3, -0.25) is 0 Å². The molecule has 2 aromatic rings. The molecule has 0 saturated heterocycles. The Morgan fingerprint density at radius 3 is 3.14 bits per heavy atom. The molecule has 4 rings (SSSR count). The second-order valence-corrected chi connectivity index (χ2v) is 7.64. The lowest BCUT2D eigenvalue weighted by Gasteiger charge is -2.24. The Labute approximate surface area is 133 Å². The highest BCUT2D eigenvalue weighted by Gasteiger charge is 2.29. The zero-order valence-corrected chi connectivity index (χ0v) is 13.6. The van der Waals surface area contributed by atoms with E-state index in [9.17, 15) is 0 Å². The SMILES string of the molecule is CNC1CCCc2sc(C3CSc4ccccc4O3)nc21. The van der Waals surface area contributed by atoms with Crippen LogP contribution in [0.15, 0.2) is 29.2 Å². The van der Waals surface area contributed by atoms with Crippen molar-refractivity contribution >= 4 is 23.1 Å². The Morgan fingerprint density at radius 2 is 2.24 bits per heavy atom. The molecule has 0 radical (unpaired) electrons. The maximum absolute atomic E-state index is 6.17. The normalized spacial score (nSPS) is 24.0. The van der Waals surface area contributed by atoms with Crippen LogP contribution < -0.4 is 10.1 Å². The summed E-state index contributed by atoms with van der Waals surface area (Å²) in [4.78, 5) is 7.60. The van der Waals surface area contributed by atoms with E-state index in [1.807, 2.05) is 36.2 Å². The largest absolute Gasteiger partial charge is 0.481 e. The van der Waals surface area contributed by atoms with Crippen molar-refractivity contribution in [1.29, 1.82) is 0 Å². The second-order valence-electron chi connectivity index (χ2n) is 5.46. The number of hydrogen-bond acceptors (Lipinski definition) is 5. The van der Waals surface area contributed by atoms with Crippen LogP contribution >= 0.6 is 23.1 Å². The second kappa shape index (κ2) is 5.63. The molecule has 0 bridgehead atoms. The Bertz CT molecular complexity index is 655. The standard InChI is InChI=1S/C16H18N2OS2/c1-17-10-5-4-8-14-15(10)18-16(21-14)12-9-20-13-7-3-2-6-11(13)19-12/h2-3,6-7,10,12,17H,4-5,8-9H2,1H3. The van der Waals surface area contributed by atoms with Crippen LogP contribution in [0.25, 0.3) is 0 Å². The Kier molecular flexibility index (Phi) is 3.65. The molecule has 0 spiro atoms. The van der Waals surface area contributed by atoms with Gasteiger partial charge in [-0.05, 0) is 38.4 Å². The fourth-order valence-electron chi connectivity index (χ4n) is 3.00. The topological polar surface area (TPSA) is 34.1 Å². The van der Waals surface area contributed by atoms with Crippen LogP contribution in [0.3, 0.4) is 0 Å². The lowest BCUT2D eigenvalue weighted by molar-refractivity contribution is 0.219. The molecule has 1 aromatic carbocycles. The average molecular weight is 318 g/mol. The van der Waals surface area contributed by atoms with Gasteiger partial charge in [0.25, 0.3) is 0 Å². The van der Waals surface area contributed by atoms with Crippen molar-refractivity contribution in [3.63, 3.8) is 0 Å². The quantitative estimate of drug-likeness (QED) is 0.908. The van der Waals surface area contributed by atoms with E-state index in [0.717, 1.165) is 16.5 Å². The molecule has 3 nitrogen and oxygen atoms in total. The van der Waals surface area contributed by atoms with E-state index in [0.29, 0.717) is 6.04 Å². The summed E-state index contributed by atoms with van der Waals surface area (Å²) >= 11 is 3.72. The van der Waals surface area contributed by atoms with Crippen LogP contribution in [0.2, 0.25) is 0 Å². The molecule has 0 fully saturated rings. The highest BCUT2D eigenvalue weighted by atomic mass is 32.2. The molecular weight excluding hydrogens is 300 g/mol. The van der Waals surface area contributed by atoms with Gasteiger partial charge in [0.2, 0.25) is 0 Å². The number of ether oxygens (including phenoxy) is 1. The summed E-state index contributed by atoms with van der Waals surface area (Å²) in [6.07, 6.45) is 3.71. The number of thiazole rings is 1. The smallest absolute Gasteiger partial charge is 0.159 e. The summed E-state index contributed by atoms with van der Waals surface area (Å²) in [7, 11) is 2.03. The molecule has 5 heteroatoms. The molecule has 1 aliphatic heterocycles. The van der Waals surface area contributed by atoms with E-state index >= 15 is 0 Å². The third-order valence-corrected chi connectivity index (χ3v) is 6.44. The Morgan fingerprint density at radius 1 is 1.33 bits per heavy atom. The van der Waals surface area contributed by atoms with Crippen LogP contribution in [0.1, 0.15) is 40.6 Å². The number of aromatic nitrogens is 1. The van der Waals surface area contributed by atoms with Gasteiger partial charge in [-0.15, -0.1) is 23.1 Å². The van der Waals surface area contributed by atoms with Crippen LogP contribution in [0.4, 0.5) is 0 Å². The third kappa shape index (κ3) is 2.47. The van der Waals surface area contributed by atoms with Crippen molar-refractivity contribution < 1.29 is 4.74 Å². The summed E-state index contributed by atoms with van der Waals surface area (Å²) in [6, 6.07) is 8.70. The molecule has 2 atom stereocenters. The van der Waals surface area contributed by atoms with Crippen molar-refractivity contribution in [1.82, 2.24) is 10.3 Å². The van der Waals surface area contributed by atoms with Crippen molar-refractivity contribution in [2.24, 2.45) is 0 Å². The van der Waals surface area contributed by atoms with Gasteiger partial charge in [-0.1, -0.05) is 12.1 Å². The van der Waals surface area contributed by atoms with E-state index in [4.69, 9.17) is 9.72 Å². The molecule has 2 aliphatic rings. The first-order valence-electron chi connectivity index (χ1n) is 7.40. The molecule has 21 heavy (non-hydrogen) atoms. The molecule has 2 unspecified atom stereocenters. The lowest BCUT2D eigenvalue weighted by Crippen LogP contribution is -2.21. The van der Waals surface area contributed by atoms with E-state index < -0.39 is 0 Å². The molecule has 0 amide bonds. The minimum Gasteiger partial charge on any atom is -0.481 e. The minimum absolute atomic E-state index is 0.0954. The lowest BCUT2D eigenvalue weighted by atomic mass is 9.98. The number of nitrogens with one attached hydrogen (secondary N) is 1. The van der Waals surface area contributed by atoms with Gasteiger partial charge < -0.3 is 10.1 Å². The van der Waals surface area contributed by atoms with E-state index in [-0.39, 0.29) is 6.10 Å². The van der Waals surface area contributed by atoms with Crippen molar-refractivity contribution in [3.8, 4) is 5.75 Å². The molecule has 1 aliphatic carbocycles. The van der Waals surface area contributed by atoms with Gasteiger partial charge in [0.05, 0.1) is 11.7 Å². The van der Waals surface area contributed by atoms with Crippen LogP contribution in [-0.4, -0.2) is 17.8 Å². The molecular formula is C16H18N2OS2. The average Bonchev–Trinajstić information content (AvgIpc) is 2.98. The number of nitrogens with zero attached hydrogens (tertiary/aromatic N) is 1.